The number of fused-ring (bicyclic) bond motifs is 1. The smallest absolute Gasteiger partial charge is 0.155 e. The van der Waals surface area contributed by atoms with Crippen molar-refractivity contribution in [2.45, 2.75) is 84.0 Å². The van der Waals surface area contributed by atoms with Crippen LogP contribution in [0.1, 0.15) is 82.7 Å². The van der Waals surface area contributed by atoms with Gasteiger partial charge in [0.05, 0.1) is 5.69 Å². The molecule has 0 amide bonds. The van der Waals surface area contributed by atoms with Crippen LogP contribution in [0.3, 0.4) is 0 Å². The maximum absolute atomic E-state index is 6.08. The molecule has 6 nitrogen and oxygen atoms in total. The lowest BCUT2D eigenvalue weighted by atomic mass is 10.1. The number of hydrogen-bond acceptors (Lipinski definition) is 5. The van der Waals surface area contributed by atoms with Gasteiger partial charge in [-0.25, -0.2) is 9.97 Å². The van der Waals surface area contributed by atoms with Crippen LogP contribution in [0.2, 0.25) is 0 Å². The van der Waals surface area contributed by atoms with Crippen molar-refractivity contribution in [2.24, 2.45) is 0 Å². The number of H-pyrrole nitrogens is 1. The van der Waals surface area contributed by atoms with Gasteiger partial charge in [-0.05, 0) is 58.2 Å². The second-order valence-electron chi connectivity index (χ2n) is 7.95. The average molecular weight is 373 g/mol. The van der Waals surface area contributed by atoms with Crippen LogP contribution in [0.4, 0.5) is 5.82 Å². The topological polar surface area (TPSA) is 83.7 Å². The second kappa shape index (κ2) is 10.6. The highest BCUT2D eigenvalue weighted by Gasteiger charge is 2.13. The standard InChI is InChI=1S/C21H36N6/c1-2-3-13-18-23-19-17(25-26-20(19)21(22)24-18)12-8-5-4-6-9-14-27-15-10-7-11-16-27/h2-16H2,1H3,(H,25,26)(H2,22,23,24). The van der Waals surface area contributed by atoms with E-state index in [0.29, 0.717) is 5.82 Å². The molecular formula is C21H36N6. The molecule has 6 heteroatoms. The molecule has 0 spiro atoms. The van der Waals surface area contributed by atoms with E-state index in [9.17, 15) is 0 Å². The number of aromatic nitrogens is 4. The molecule has 2 aromatic rings. The van der Waals surface area contributed by atoms with E-state index in [0.717, 1.165) is 48.2 Å². The Morgan fingerprint density at radius 1 is 0.889 bits per heavy atom. The van der Waals surface area contributed by atoms with Gasteiger partial charge >= 0.3 is 0 Å². The van der Waals surface area contributed by atoms with E-state index >= 15 is 0 Å². The number of likely N-dealkylation sites (tertiary alicyclic amines) is 1. The Bertz CT molecular complexity index is 689. The number of unbranched alkanes of at least 4 members (excludes halogenated alkanes) is 5. The predicted octanol–water partition coefficient (Wildman–Crippen LogP) is 4.26. The van der Waals surface area contributed by atoms with Crippen LogP contribution in [-0.2, 0) is 12.8 Å². The first-order valence-electron chi connectivity index (χ1n) is 11.0. The Kier molecular flexibility index (Phi) is 7.87. The van der Waals surface area contributed by atoms with E-state index in [4.69, 9.17) is 10.7 Å². The summed E-state index contributed by atoms with van der Waals surface area (Å²) in [7, 11) is 0. The van der Waals surface area contributed by atoms with Crippen LogP contribution >= 0.6 is 0 Å². The van der Waals surface area contributed by atoms with Gasteiger partial charge in [0.25, 0.3) is 0 Å². The Morgan fingerprint density at radius 2 is 1.67 bits per heavy atom. The monoisotopic (exact) mass is 372 g/mol. The molecule has 0 bridgehead atoms. The molecular weight excluding hydrogens is 336 g/mol. The van der Waals surface area contributed by atoms with Crippen molar-refractivity contribution in [2.75, 3.05) is 25.4 Å². The molecule has 2 aromatic heterocycles. The van der Waals surface area contributed by atoms with Crippen molar-refractivity contribution in [3.63, 3.8) is 0 Å². The molecule has 27 heavy (non-hydrogen) atoms. The molecule has 3 N–H and O–H groups in total. The van der Waals surface area contributed by atoms with E-state index in [1.165, 1.54) is 71.0 Å². The van der Waals surface area contributed by atoms with Crippen LogP contribution in [0, 0.1) is 0 Å². The Labute approximate surface area is 163 Å². The number of anilines is 1. The highest BCUT2D eigenvalue weighted by Crippen LogP contribution is 2.21. The molecule has 0 saturated carbocycles. The molecule has 0 radical (unpaired) electrons. The molecule has 0 unspecified atom stereocenters. The Morgan fingerprint density at radius 3 is 2.48 bits per heavy atom. The van der Waals surface area contributed by atoms with Crippen LogP contribution in [0.5, 0.6) is 0 Å². The summed E-state index contributed by atoms with van der Waals surface area (Å²) in [4.78, 5) is 11.8. The lowest BCUT2D eigenvalue weighted by Crippen LogP contribution is -2.30. The first-order valence-corrected chi connectivity index (χ1v) is 11.0. The maximum atomic E-state index is 6.08. The highest BCUT2D eigenvalue weighted by atomic mass is 15.2. The summed E-state index contributed by atoms with van der Waals surface area (Å²) in [6.07, 6.45) is 14.8. The predicted molar refractivity (Wildman–Crippen MR) is 112 cm³/mol. The Hall–Kier alpha value is -1.69. The molecule has 0 atom stereocenters. The molecule has 3 heterocycles. The SMILES string of the molecule is CCCCc1nc(N)c2n[nH]c(CCCCCCCN3CCCCC3)c2n1. The fourth-order valence-corrected chi connectivity index (χ4v) is 3.99. The molecule has 3 rings (SSSR count). The number of aromatic amines is 1. The number of hydrogen-bond donors (Lipinski definition) is 2. The molecule has 0 aliphatic carbocycles. The minimum absolute atomic E-state index is 0.506. The number of nitrogens with one attached hydrogen (secondary N) is 1. The van der Waals surface area contributed by atoms with Crippen molar-refractivity contribution >= 4 is 16.9 Å². The first-order chi connectivity index (χ1) is 13.3. The van der Waals surface area contributed by atoms with E-state index in [1.54, 1.807) is 0 Å². The molecule has 1 aliphatic heterocycles. The summed E-state index contributed by atoms with van der Waals surface area (Å²) in [6.45, 7) is 6.11. The minimum Gasteiger partial charge on any atom is -0.382 e. The van der Waals surface area contributed by atoms with Gasteiger partial charge in [-0.15, -0.1) is 0 Å². The third-order valence-corrected chi connectivity index (χ3v) is 5.65. The number of nitrogens with two attached hydrogens (primary N) is 1. The molecule has 1 aliphatic rings. The first kappa shape index (κ1) is 20.1. The van der Waals surface area contributed by atoms with Gasteiger partial charge in [0.15, 0.2) is 11.3 Å². The number of piperidine rings is 1. The quantitative estimate of drug-likeness (QED) is 0.576. The third-order valence-electron chi connectivity index (χ3n) is 5.65. The van der Waals surface area contributed by atoms with Crippen molar-refractivity contribution in [1.82, 2.24) is 25.1 Å². The second-order valence-corrected chi connectivity index (χ2v) is 7.95. The van der Waals surface area contributed by atoms with Gasteiger partial charge in [0, 0.05) is 6.42 Å². The summed E-state index contributed by atoms with van der Waals surface area (Å²) in [5.74, 6) is 1.36. The van der Waals surface area contributed by atoms with Gasteiger partial charge < -0.3 is 10.6 Å². The molecule has 0 aromatic carbocycles. The summed E-state index contributed by atoms with van der Waals surface area (Å²) >= 11 is 0. The molecule has 150 valence electrons. The van der Waals surface area contributed by atoms with E-state index in [1.807, 2.05) is 0 Å². The van der Waals surface area contributed by atoms with Gasteiger partial charge in [-0.2, -0.15) is 5.10 Å². The highest BCUT2D eigenvalue weighted by molar-refractivity contribution is 5.85. The zero-order valence-corrected chi connectivity index (χ0v) is 17.0. The zero-order valence-electron chi connectivity index (χ0n) is 17.0. The lowest BCUT2D eigenvalue weighted by Gasteiger charge is -2.26. The summed E-state index contributed by atoms with van der Waals surface area (Å²) < 4.78 is 0. The molecule has 1 fully saturated rings. The van der Waals surface area contributed by atoms with E-state index < -0.39 is 0 Å². The van der Waals surface area contributed by atoms with Crippen molar-refractivity contribution in [3.05, 3.63) is 11.5 Å². The summed E-state index contributed by atoms with van der Waals surface area (Å²) in [6, 6.07) is 0. The zero-order chi connectivity index (χ0) is 18.9. The van der Waals surface area contributed by atoms with Crippen LogP contribution in [-0.4, -0.2) is 44.7 Å². The summed E-state index contributed by atoms with van der Waals surface area (Å²) in [5, 5.41) is 7.48. The van der Waals surface area contributed by atoms with Crippen LogP contribution in [0.15, 0.2) is 0 Å². The largest absolute Gasteiger partial charge is 0.382 e. The molecule has 1 saturated heterocycles. The number of rotatable bonds is 11. The van der Waals surface area contributed by atoms with Crippen molar-refractivity contribution in [3.8, 4) is 0 Å². The normalized spacial score (nSPS) is 15.6. The Balaban J connectivity index is 1.40. The minimum atomic E-state index is 0.506. The van der Waals surface area contributed by atoms with Gasteiger partial charge in [0.1, 0.15) is 11.3 Å². The van der Waals surface area contributed by atoms with Crippen molar-refractivity contribution < 1.29 is 0 Å². The van der Waals surface area contributed by atoms with Crippen molar-refractivity contribution in [1.29, 1.82) is 0 Å². The average Bonchev–Trinajstić information content (AvgIpc) is 3.10. The maximum Gasteiger partial charge on any atom is 0.155 e. The fourth-order valence-electron chi connectivity index (χ4n) is 3.99. The van der Waals surface area contributed by atoms with Gasteiger partial charge in [0.2, 0.25) is 0 Å². The third kappa shape index (κ3) is 5.89. The number of aryl methyl sites for hydroxylation is 2. The van der Waals surface area contributed by atoms with Gasteiger partial charge in [-0.3, -0.25) is 5.10 Å². The van der Waals surface area contributed by atoms with E-state index in [2.05, 4.69) is 27.0 Å². The fraction of sp³-hybridized carbons (Fsp3) is 0.762. The van der Waals surface area contributed by atoms with Crippen LogP contribution < -0.4 is 5.73 Å². The van der Waals surface area contributed by atoms with E-state index in [-0.39, 0.29) is 0 Å². The lowest BCUT2D eigenvalue weighted by molar-refractivity contribution is 0.224. The summed E-state index contributed by atoms with van der Waals surface area (Å²) in [5.41, 5.74) is 8.85. The number of nitrogens with zero attached hydrogens (tertiary/aromatic N) is 4. The van der Waals surface area contributed by atoms with Crippen LogP contribution in [0.25, 0.3) is 11.0 Å². The number of nitrogen functional groups attached to an aromatic ring is 1. The van der Waals surface area contributed by atoms with Gasteiger partial charge in [-0.1, -0.05) is 39.0 Å².